The minimum atomic E-state index is -2.16. The Kier molecular flexibility index (Phi) is 6.43. The number of hydrogen-bond acceptors (Lipinski definition) is 4. The van der Waals surface area contributed by atoms with Gasteiger partial charge in [-0.25, -0.2) is 4.39 Å². The Morgan fingerprint density at radius 2 is 1.86 bits per heavy atom. The molecule has 0 fully saturated rings. The summed E-state index contributed by atoms with van der Waals surface area (Å²) in [6, 6.07) is 8.98. The maximum Gasteiger partial charge on any atom is 0.313 e. The van der Waals surface area contributed by atoms with Crippen molar-refractivity contribution in [2.45, 2.75) is 45.1 Å². The van der Waals surface area contributed by atoms with Gasteiger partial charge in [-0.1, -0.05) is 42.5 Å². The highest BCUT2D eigenvalue weighted by Crippen LogP contribution is 2.12. The van der Waals surface area contributed by atoms with E-state index in [0.717, 1.165) is 5.56 Å². The number of ether oxygens (including phenoxy) is 1. The second-order valence-electron chi connectivity index (χ2n) is 5.89. The van der Waals surface area contributed by atoms with Gasteiger partial charge < -0.3 is 9.84 Å². The third-order valence-corrected chi connectivity index (χ3v) is 2.63. The smallest absolute Gasteiger partial charge is 0.313 e. The lowest BCUT2D eigenvalue weighted by Gasteiger charge is -2.19. The van der Waals surface area contributed by atoms with Gasteiger partial charge in [0, 0.05) is 0 Å². The van der Waals surface area contributed by atoms with Gasteiger partial charge in [0.05, 0.1) is 0 Å². The predicted molar refractivity (Wildman–Crippen MR) is 81.8 cm³/mol. The molecule has 4 nitrogen and oxygen atoms in total. The summed E-state index contributed by atoms with van der Waals surface area (Å²) in [5, 5.41) is 9.66. The number of halogens is 1. The summed E-state index contributed by atoms with van der Waals surface area (Å²) in [5.74, 6) is -1.81. The Morgan fingerprint density at radius 3 is 2.41 bits per heavy atom. The number of carbonyl (C=O) groups is 2. The summed E-state index contributed by atoms with van der Waals surface area (Å²) in [7, 11) is 0. The molecule has 22 heavy (non-hydrogen) atoms. The van der Waals surface area contributed by atoms with E-state index in [4.69, 9.17) is 4.74 Å². The fraction of sp³-hybridized carbons (Fsp3) is 0.412. The van der Waals surface area contributed by atoms with Crippen molar-refractivity contribution in [2.24, 2.45) is 0 Å². The summed E-state index contributed by atoms with van der Waals surface area (Å²) in [5.41, 5.74) is 0.0305. The van der Waals surface area contributed by atoms with Crippen molar-refractivity contribution < 1.29 is 23.8 Å². The molecule has 2 atom stereocenters. The summed E-state index contributed by atoms with van der Waals surface area (Å²) < 4.78 is 18.8. The van der Waals surface area contributed by atoms with Gasteiger partial charge >= 0.3 is 5.97 Å². The fourth-order valence-corrected chi connectivity index (χ4v) is 1.68. The van der Waals surface area contributed by atoms with Gasteiger partial charge in [0.1, 0.15) is 18.1 Å². The van der Waals surface area contributed by atoms with Crippen molar-refractivity contribution in [3.05, 3.63) is 42.0 Å². The van der Waals surface area contributed by atoms with Gasteiger partial charge in [0.25, 0.3) is 0 Å². The predicted octanol–water partition coefficient (Wildman–Crippen LogP) is 2.70. The lowest BCUT2D eigenvalue weighted by atomic mass is 10.1. The minimum absolute atomic E-state index is 0.700. The molecule has 0 aromatic heterocycles. The summed E-state index contributed by atoms with van der Waals surface area (Å²) >= 11 is 0. The third kappa shape index (κ3) is 6.63. The second-order valence-corrected chi connectivity index (χ2v) is 5.89. The van der Waals surface area contributed by atoms with Gasteiger partial charge in [0.2, 0.25) is 0 Å². The number of hydrogen-bond donors (Lipinski definition) is 1. The van der Waals surface area contributed by atoms with Gasteiger partial charge in [-0.05, 0) is 26.3 Å². The van der Waals surface area contributed by atoms with E-state index in [-0.39, 0.29) is 0 Å². The van der Waals surface area contributed by atoms with Crippen molar-refractivity contribution >= 4 is 17.8 Å². The quantitative estimate of drug-likeness (QED) is 0.648. The van der Waals surface area contributed by atoms with Gasteiger partial charge in [-0.2, -0.15) is 0 Å². The molecule has 0 saturated heterocycles. The molecule has 1 aromatic carbocycles. The van der Waals surface area contributed by atoms with Crippen LogP contribution in [0.25, 0.3) is 6.08 Å². The Morgan fingerprint density at radius 1 is 1.27 bits per heavy atom. The lowest BCUT2D eigenvalue weighted by Crippen LogP contribution is -2.32. The van der Waals surface area contributed by atoms with Crippen LogP contribution in [0.1, 0.15) is 32.8 Å². The molecule has 0 saturated carbocycles. The molecule has 1 N–H and O–H groups in total. The van der Waals surface area contributed by atoms with E-state index < -0.39 is 36.1 Å². The number of aliphatic hydroxyl groups is 1. The summed E-state index contributed by atoms with van der Waals surface area (Å²) in [4.78, 5) is 23.1. The van der Waals surface area contributed by atoms with Crippen LogP contribution in [-0.4, -0.2) is 34.7 Å². The zero-order chi connectivity index (χ0) is 16.8. The molecule has 0 amide bonds. The average molecular weight is 308 g/mol. The highest BCUT2D eigenvalue weighted by molar-refractivity contribution is 5.98. The first-order valence-electron chi connectivity index (χ1n) is 6.99. The molecule has 5 heteroatoms. The zero-order valence-electron chi connectivity index (χ0n) is 13.0. The molecule has 1 rings (SSSR count). The zero-order valence-corrected chi connectivity index (χ0v) is 13.0. The number of aliphatic hydroxyl groups excluding tert-OH is 1. The molecule has 120 valence electrons. The molecule has 0 bridgehead atoms. The Balaban J connectivity index is 2.55. The topological polar surface area (TPSA) is 63.6 Å². The number of esters is 1. The molecule has 0 spiro atoms. The van der Waals surface area contributed by atoms with Crippen molar-refractivity contribution in [3.8, 4) is 0 Å². The SMILES string of the molecule is CC(C)(C)OC(=O)CC(=O)C(F)C(O)/C=C/c1ccccc1. The van der Waals surface area contributed by atoms with Crippen molar-refractivity contribution in [2.75, 3.05) is 0 Å². The van der Waals surface area contributed by atoms with E-state index in [1.54, 1.807) is 45.0 Å². The Labute approximate surface area is 129 Å². The van der Waals surface area contributed by atoms with E-state index in [1.807, 2.05) is 6.07 Å². The summed E-state index contributed by atoms with van der Waals surface area (Å²) in [6.07, 6.45) is -1.76. The molecule has 0 aliphatic carbocycles. The average Bonchev–Trinajstić information content (AvgIpc) is 2.42. The molecular weight excluding hydrogens is 287 g/mol. The van der Waals surface area contributed by atoms with Gasteiger partial charge in [0.15, 0.2) is 12.0 Å². The van der Waals surface area contributed by atoms with Crippen LogP contribution in [-0.2, 0) is 14.3 Å². The number of Topliss-reactive ketones (excluding diaryl/α,β-unsaturated/α-hetero) is 1. The van der Waals surface area contributed by atoms with Crippen LogP contribution in [0, 0.1) is 0 Å². The molecule has 0 aliphatic rings. The van der Waals surface area contributed by atoms with Crippen molar-refractivity contribution in [1.29, 1.82) is 0 Å². The van der Waals surface area contributed by atoms with E-state index in [2.05, 4.69) is 0 Å². The number of carbonyl (C=O) groups excluding carboxylic acids is 2. The van der Waals surface area contributed by atoms with Crippen molar-refractivity contribution in [3.63, 3.8) is 0 Å². The second kappa shape index (κ2) is 7.84. The number of benzene rings is 1. The Bertz CT molecular complexity index is 531. The first kappa shape index (κ1) is 18.0. The fourth-order valence-electron chi connectivity index (χ4n) is 1.68. The first-order valence-corrected chi connectivity index (χ1v) is 6.99. The summed E-state index contributed by atoms with van der Waals surface area (Å²) in [6.45, 7) is 4.96. The first-order chi connectivity index (χ1) is 10.2. The number of ketones is 1. The lowest BCUT2D eigenvalue weighted by molar-refractivity contribution is -0.157. The van der Waals surface area contributed by atoms with Crippen LogP contribution < -0.4 is 0 Å². The third-order valence-electron chi connectivity index (χ3n) is 2.63. The largest absolute Gasteiger partial charge is 0.460 e. The van der Waals surface area contributed by atoms with Crippen molar-refractivity contribution in [1.82, 2.24) is 0 Å². The number of alkyl halides is 1. The van der Waals surface area contributed by atoms with Crippen LogP contribution in [0.2, 0.25) is 0 Å². The highest BCUT2D eigenvalue weighted by Gasteiger charge is 2.28. The standard InChI is InChI=1S/C17H21FO4/c1-17(2,3)22-15(21)11-14(20)16(18)13(19)10-9-12-7-5-4-6-8-12/h4-10,13,16,19H,11H2,1-3H3/b10-9+. The van der Waals surface area contributed by atoms with E-state index in [1.165, 1.54) is 12.2 Å². The Hall–Kier alpha value is -2.01. The molecule has 0 heterocycles. The van der Waals surface area contributed by atoms with E-state index >= 15 is 0 Å². The van der Waals surface area contributed by atoms with Gasteiger partial charge in [-0.15, -0.1) is 0 Å². The van der Waals surface area contributed by atoms with Crippen LogP contribution in [0.5, 0.6) is 0 Å². The normalized spacial score (nSPS) is 14.6. The monoisotopic (exact) mass is 308 g/mol. The van der Waals surface area contributed by atoms with Crippen LogP contribution in [0.3, 0.4) is 0 Å². The van der Waals surface area contributed by atoms with Crippen LogP contribution >= 0.6 is 0 Å². The maximum atomic E-state index is 13.8. The highest BCUT2D eigenvalue weighted by atomic mass is 19.1. The minimum Gasteiger partial charge on any atom is -0.460 e. The molecule has 0 aliphatic heterocycles. The van der Waals surface area contributed by atoms with Crippen LogP contribution in [0.15, 0.2) is 36.4 Å². The van der Waals surface area contributed by atoms with E-state index in [9.17, 15) is 19.1 Å². The van der Waals surface area contributed by atoms with Gasteiger partial charge in [-0.3, -0.25) is 9.59 Å². The molecule has 1 aromatic rings. The molecule has 2 unspecified atom stereocenters. The van der Waals surface area contributed by atoms with E-state index in [0.29, 0.717) is 0 Å². The maximum absolute atomic E-state index is 13.8. The molecule has 0 radical (unpaired) electrons. The van der Waals surface area contributed by atoms with Crippen LogP contribution in [0.4, 0.5) is 4.39 Å². The number of rotatable bonds is 6. The molecular formula is C17H21FO4.